The average molecular weight is 481 g/mol. The first-order chi connectivity index (χ1) is 15.7. The molecule has 1 atom stereocenters. The minimum atomic E-state index is -2.11. The Hall–Kier alpha value is -1.21. The van der Waals surface area contributed by atoms with E-state index in [0.717, 1.165) is 38.5 Å². The molecule has 1 rings (SSSR count). The molecule has 0 spiro atoms. The minimum absolute atomic E-state index is 0.169. The third kappa shape index (κ3) is 9.16. The number of ether oxygens (including phenoxy) is 2. The fourth-order valence-electron chi connectivity index (χ4n) is 4.35. The summed E-state index contributed by atoms with van der Waals surface area (Å²) < 4.78 is 78.5. The maximum atomic E-state index is 13.7. The van der Waals surface area contributed by atoms with Crippen LogP contribution in [0.3, 0.4) is 0 Å². The maximum Gasteiger partial charge on any atom is 0.200 e. The predicted molar refractivity (Wildman–Crippen MR) is 122 cm³/mol. The molecule has 0 aromatic heterocycles. The van der Waals surface area contributed by atoms with Gasteiger partial charge >= 0.3 is 0 Å². The fourth-order valence-corrected chi connectivity index (χ4v) is 4.35. The SMILES string of the molecule is CCCCCCCCC(CCCCCCCc1c(F)c(F)c(F)c(F)c1F)C(C)(OC)OC. The van der Waals surface area contributed by atoms with Crippen LogP contribution in [0.2, 0.25) is 0 Å². The maximum absolute atomic E-state index is 13.7. The molecule has 0 bridgehead atoms. The molecule has 0 amide bonds. The van der Waals surface area contributed by atoms with Crippen molar-refractivity contribution in [2.24, 2.45) is 5.92 Å². The van der Waals surface area contributed by atoms with E-state index in [9.17, 15) is 22.0 Å². The molecule has 0 radical (unpaired) electrons. The minimum Gasteiger partial charge on any atom is -0.353 e. The van der Waals surface area contributed by atoms with Crippen molar-refractivity contribution in [1.29, 1.82) is 0 Å². The Morgan fingerprint density at radius 2 is 1.00 bits per heavy atom. The van der Waals surface area contributed by atoms with E-state index in [4.69, 9.17) is 9.47 Å². The van der Waals surface area contributed by atoms with Crippen LogP contribution in [0, 0.1) is 35.0 Å². The molecule has 0 aliphatic carbocycles. The largest absolute Gasteiger partial charge is 0.353 e. The summed E-state index contributed by atoms with van der Waals surface area (Å²) in [7, 11) is 3.33. The third-order valence-corrected chi connectivity index (χ3v) is 6.74. The van der Waals surface area contributed by atoms with Crippen molar-refractivity contribution in [2.45, 2.75) is 110 Å². The van der Waals surface area contributed by atoms with E-state index < -0.39 is 40.4 Å². The number of benzene rings is 1. The van der Waals surface area contributed by atoms with Gasteiger partial charge in [0.25, 0.3) is 0 Å². The molecule has 0 aliphatic heterocycles. The normalized spacial score (nSPS) is 13.0. The fraction of sp³-hybridized carbons (Fsp3) is 0.769. The summed E-state index contributed by atoms with van der Waals surface area (Å²) >= 11 is 0. The van der Waals surface area contributed by atoms with Crippen LogP contribution >= 0.6 is 0 Å². The quantitative estimate of drug-likeness (QED) is 0.0688. The first kappa shape index (κ1) is 29.8. The average Bonchev–Trinajstić information content (AvgIpc) is 2.82. The zero-order valence-corrected chi connectivity index (χ0v) is 20.7. The van der Waals surface area contributed by atoms with Gasteiger partial charge in [-0.15, -0.1) is 0 Å². The van der Waals surface area contributed by atoms with Gasteiger partial charge in [-0.3, -0.25) is 0 Å². The first-order valence-corrected chi connectivity index (χ1v) is 12.3. The molecule has 1 aromatic rings. The van der Waals surface area contributed by atoms with Gasteiger partial charge in [0.05, 0.1) is 0 Å². The van der Waals surface area contributed by atoms with Gasteiger partial charge in [-0.2, -0.15) is 0 Å². The number of hydrogen-bond donors (Lipinski definition) is 0. The van der Waals surface area contributed by atoms with Gasteiger partial charge in [-0.1, -0.05) is 71.1 Å². The van der Waals surface area contributed by atoms with Crippen molar-refractivity contribution < 1.29 is 31.4 Å². The van der Waals surface area contributed by atoms with E-state index in [2.05, 4.69) is 6.92 Å². The number of unbranched alkanes of at least 4 members (excludes halogenated alkanes) is 9. The van der Waals surface area contributed by atoms with Crippen molar-refractivity contribution >= 4 is 0 Å². The van der Waals surface area contributed by atoms with Crippen LogP contribution in [0.25, 0.3) is 0 Å². The van der Waals surface area contributed by atoms with Crippen molar-refractivity contribution in [3.63, 3.8) is 0 Å². The van der Waals surface area contributed by atoms with Gasteiger partial charge in [-0.25, -0.2) is 22.0 Å². The molecule has 7 heteroatoms. The molecule has 0 heterocycles. The number of hydrogen-bond acceptors (Lipinski definition) is 2. The lowest BCUT2D eigenvalue weighted by molar-refractivity contribution is -0.230. The molecule has 1 unspecified atom stereocenters. The van der Waals surface area contributed by atoms with Crippen LogP contribution in [0.5, 0.6) is 0 Å². The highest BCUT2D eigenvalue weighted by molar-refractivity contribution is 5.24. The van der Waals surface area contributed by atoms with Gasteiger partial charge in [0, 0.05) is 25.7 Å². The van der Waals surface area contributed by atoms with Crippen molar-refractivity contribution in [3.8, 4) is 0 Å². The second-order valence-corrected chi connectivity index (χ2v) is 9.03. The van der Waals surface area contributed by atoms with Crippen LogP contribution in [-0.2, 0) is 15.9 Å². The van der Waals surface area contributed by atoms with E-state index in [0.29, 0.717) is 12.8 Å². The van der Waals surface area contributed by atoms with Gasteiger partial charge in [0.2, 0.25) is 5.82 Å². The standard InChI is InChI=1S/C26H41F5O2/c1-5-6-7-8-10-13-16-19(26(2,32-3)33-4)17-14-11-9-12-15-18-20-21(27)23(29)25(31)24(30)22(20)28/h19H,5-18H2,1-4H3. The summed E-state index contributed by atoms with van der Waals surface area (Å²) in [5.74, 6) is -9.66. The summed E-state index contributed by atoms with van der Waals surface area (Å²) in [6.45, 7) is 4.18. The lowest BCUT2D eigenvalue weighted by atomic mass is 9.87. The highest BCUT2D eigenvalue weighted by Crippen LogP contribution is 2.32. The van der Waals surface area contributed by atoms with Gasteiger partial charge < -0.3 is 9.47 Å². The molecule has 1 aromatic carbocycles. The van der Waals surface area contributed by atoms with Gasteiger partial charge in [0.15, 0.2) is 29.1 Å². The Balaban J connectivity index is 2.42. The van der Waals surface area contributed by atoms with E-state index >= 15 is 0 Å². The summed E-state index contributed by atoms with van der Waals surface area (Å²) in [5, 5.41) is 0. The summed E-state index contributed by atoms with van der Waals surface area (Å²) in [6, 6.07) is 0. The van der Waals surface area contributed by atoms with E-state index in [1.54, 1.807) is 14.2 Å². The van der Waals surface area contributed by atoms with Crippen LogP contribution in [0.15, 0.2) is 0 Å². The van der Waals surface area contributed by atoms with Crippen molar-refractivity contribution in [2.75, 3.05) is 14.2 Å². The number of halogens is 5. The first-order valence-electron chi connectivity index (χ1n) is 12.3. The second-order valence-electron chi connectivity index (χ2n) is 9.03. The number of rotatable bonds is 18. The topological polar surface area (TPSA) is 18.5 Å². The monoisotopic (exact) mass is 480 g/mol. The van der Waals surface area contributed by atoms with Crippen molar-refractivity contribution in [1.82, 2.24) is 0 Å². The Kier molecular flexibility index (Phi) is 14.1. The molecule has 0 N–H and O–H groups in total. The Morgan fingerprint density at radius 1 is 0.606 bits per heavy atom. The molecule has 0 saturated carbocycles. The lowest BCUT2D eigenvalue weighted by Gasteiger charge is -2.35. The number of methoxy groups -OCH3 is 2. The van der Waals surface area contributed by atoms with Crippen LogP contribution in [0.1, 0.15) is 103 Å². The molecule has 192 valence electrons. The van der Waals surface area contributed by atoms with E-state index in [-0.39, 0.29) is 12.3 Å². The summed E-state index contributed by atoms with van der Waals surface area (Å²) in [6.07, 6.45) is 12.9. The summed E-state index contributed by atoms with van der Waals surface area (Å²) in [5.41, 5.74) is -0.721. The predicted octanol–water partition coefficient (Wildman–Crippen LogP) is 8.64. The Morgan fingerprint density at radius 3 is 1.45 bits per heavy atom. The molecule has 0 fully saturated rings. The Bertz CT molecular complexity index is 663. The van der Waals surface area contributed by atoms with E-state index in [1.165, 1.54) is 32.1 Å². The molecule has 33 heavy (non-hydrogen) atoms. The summed E-state index contributed by atoms with van der Waals surface area (Å²) in [4.78, 5) is 0. The van der Waals surface area contributed by atoms with Crippen LogP contribution < -0.4 is 0 Å². The van der Waals surface area contributed by atoms with Crippen LogP contribution in [0.4, 0.5) is 22.0 Å². The molecule has 2 nitrogen and oxygen atoms in total. The molecular weight excluding hydrogens is 439 g/mol. The second kappa shape index (κ2) is 15.6. The van der Waals surface area contributed by atoms with Crippen LogP contribution in [-0.4, -0.2) is 20.0 Å². The highest BCUT2D eigenvalue weighted by atomic mass is 19.2. The zero-order chi connectivity index (χ0) is 24.9. The molecule has 0 saturated heterocycles. The smallest absolute Gasteiger partial charge is 0.200 e. The van der Waals surface area contributed by atoms with Gasteiger partial charge in [-0.05, 0) is 32.6 Å². The highest BCUT2D eigenvalue weighted by Gasteiger charge is 2.33. The third-order valence-electron chi connectivity index (χ3n) is 6.74. The van der Waals surface area contributed by atoms with E-state index in [1.807, 2.05) is 6.92 Å². The van der Waals surface area contributed by atoms with Gasteiger partial charge in [0.1, 0.15) is 0 Å². The zero-order valence-electron chi connectivity index (χ0n) is 20.7. The molecule has 0 aliphatic rings. The van der Waals surface area contributed by atoms with Crippen molar-refractivity contribution in [3.05, 3.63) is 34.6 Å². The molecular formula is C26H41F5O2. The lowest BCUT2D eigenvalue weighted by Crippen LogP contribution is -2.39. The Labute approximate surface area is 196 Å².